The molecule has 0 spiro atoms. The molecule has 2 aliphatic heterocycles. The van der Waals surface area contributed by atoms with Crippen LogP contribution in [0.4, 0.5) is 0 Å². The predicted molar refractivity (Wildman–Crippen MR) is 167 cm³/mol. The average Bonchev–Trinajstić information content (AvgIpc) is 2.97. The van der Waals surface area contributed by atoms with Gasteiger partial charge in [-0.2, -0.15) is 0 Å². The Labute approximate surface area is 255 Å². The number of rotatable bonds is 11. The quantitative estimate of drug-likeness (QED) is 0.365. The first-order valence-electron chi connectivity index (χ1n) is 15.2. The topological polar surface area (TPSA) is 105 Å². The van der Waals surface area contributed by atoms with Crippen LogP contribution in [0.3, 0.4) is 0 Å². The number of amides is 2. The largest absolute Gasteiger partial charge is 0.508 e. The smallest absolute Gasteiger partial charge is 0.245 e. The molecule has 2 fully saturated rings. The summed E-state index contributed by atoms with van der Waals surface area (Å²) in [5.41, 5.74) is 7.97. The van der Waals surface area contributed by atoms with Gasteiger partial charge in [0, 0.05) is 75.8 Å². The van der Waals surface area contributed by atoms with E-state index in [1.54, 1.807) is 36.4 Å². The Morgan fingerprint density at radius 2 is 1.62 bits per heavy atom. The fourth-order valence-electron chi connectivity index (χ4n) is 5.88. The molecule has 0 aromatic heterocycles. The van der Waals surface area contributed by atoms with Gasteiger partial charge in [-0.3, -0.25) is 9.59 Å². The predicted octanol–water partition coefficient (Wildman–Crippen LogP) is 3.27. The second kappa shape index (κ2) is 15.2. The number of halogens is 1. The molecule has 2 atom stereocenters. The number of piperazine rings is 1. The monoisotopic (exact) mass is 598 g/mol. The van der Waals surface area contributed by atoms with Crippen molar-refractivity contribution in [1.29, 1.82) is 0 Å². The summed E-state index contributed by atoms with van der Waals surface area (Å²) in [5.74, 6) is 0.348. The number of likely N-dealkylation sites (N-methyl/N-ethyl adjacent to an activating group) is 1. The van der Waals surface area contributed by atoms with Crippen molar-refractivity contribution in [1.82, 2.24) is 25.1 Å². The lowest BCUT2D eigenvalue weighted by Crippen LogP contribution is -2.60. The van der Waals surface area contributed by atoms with Crippen LogP contribution >= 0.6 is 11.6 Å². The van der Waals surface area contributed by atoms with Crippen molar-refractivity contribution in [2.24, 2.45) is 11.7 Å². The first-order valence-corrected chi connectivity index (χ1v) is 15.5. The minimum Gasteiger partial charge on any atom is -0.508 e. The summed E-state index contributed by atoms with van der Waals surface area (Å²) in [5, 5.41) is 18.3. The van der Waals surface area contributed by atoms with Gasteiger partial charge in [-0.25, -0.2) is 10.0 Å². The van der Waals surface area contributed by atoms with E-state index >= 15 is 0 Å². The van der Waals surface area contributed by atoms with Crippen molar-refractivity contribution >= 4 is 23.4 Å². The third-order valence-corrected chi connectivity index (χ3v) is 8.56. The second-order valence-corrected chi connectivity index (χ2v) is 12.6. The minimum atomic E-state index is -0.702. The molecule has 2 saturated heterocycles. The van der Waals surface area contributed by atoms with Gasteiger partial charge >= 0.3 is 0 Å². The highest BCUT2D eigenvalue weighted by molar-refractivity contribution is 6.30. The number of aromatic hydroxyl groups is 1. The van der Waals surface area contributed by atoms with E-state index in [1.165, 1.54) is 0 Å². The summed E-state index contributed by atoms with van der Waals surface area (Å²) in [6, 6.07) is 13.0. The van der Waals surface area contributed by atoms with Crippen molar-refractivity contribution in [3.8, 4) is 5.75 Å². The second-order valence-electron chi connectivity index (χ2n) is 12.2. The van der Waals surface area contributed by atoms with E-state index in [0.717, 1.165) is 56.7 Å². The van der Waals surface area contributed by atoms with Crippen LogP contribution in [0.25, 0.3) is 0 Å². The molecule has 0 saturated carbocycles. The number of likely N-dealkylation sites (tertiary alicyclic amines) is 1. The number of nitrogens with zero attached hydrogens (tertiary/aromatic N) is 4. The molecule has 0 bridgehead atoms. The van der Waals surface area contributed by atoms with Gasteiger partial charge in [0.25, 0.3) is 0 Å². The zero-order chi connectivity index (χ0) is 30.2. The normalized spacial score (nSPS) is 18.8. The van der Waals surface area contributed by atoms with Crippen LogP contribution in [-0.4, -0.2) is 102 Å². The van der Waals surface area contributed by atoms with Gasteiger partial charge in [0.05, 0.1) is 0 Å². The molecular weight excluding hydrogens is 552 g/mol. The third-order valence-electron chi connectivity index (χ3n) is 8.31. The average molecular weight is 599 g/mol. The maximum atomic E-state index is 13.9. The van der Waals surface area contributed by atoms with E-state index in [0.29, 0.717) is 36.5 Å². The Bertz CT molecular complexity index is 1150. The van der Waals surface area contributed by atoms with Gasteiger partial charge in [0.1, 0.15) is 11.8 Å². The Morgan fingerprint density at radius 1 is 1.00 bits per heavy atom. The molecule has 2 aromatic rings. The molecule has 0 aliphatic carbocycles. The molecule has 2 unspecified atom stereocenters. The summed E-state index contributed by atoms with van der Waals surface area (Å²) in [6.45, 7) is 11.0. The maximum Gasteiger partial charge on any atom is 0.245 e. The van der Waals surface area contributed by atoms with Crippen molar-refractivity contribution in [2.45, 2.75) is 57.7 Å². The van der Waals surface area contributed by atoms with Crippen LogP contribution < -0.4 is 11.1 Å². The van der Waals surface area contributed by atoms with E-state index in [2.05, 4.69) is 41.1 Å². The number of nitrogens with one attached hydrogen (secondary N) is 1. The fraction of sp³-hybridized carbons (Fsp3) is 0.562. The van der Waals surface area contributed by atoms with Crippen molar-refractivity contribution < 1.29 is 14.7 Å². The Hall–Kier alpha value is -2.69. The molecule has 2 heterocycles. The number of hydrogen-bond donors (Lipinski definition) is 3. The Balaban J connectivity index is 1.41. The lowest BCUT2D eigenvalue weighted by molar-refractivity contribution is -0.140. The zero-order valence-electron chi connectivity index (χ0n) is 25.2. The SMILES string of the molecule is CC(C)CN(C1CCN(C(=O)C(Cc2ccc(Cl)cc2)NC(=O)CC(N)c2ccc(O)cc2)CC1)N1CCN(C)CC1. The van der Waals surface area contributed by atoms with Crippen LogP contribution in [0.5, 0.6) is 5.75 Å². The van der Waals surface area contributed by atoms with Gasteiger partial charge < -0.3 is 26.0 Å². The molecule has 230 valence electrons. The number of phenols is 1. The fourth-order valence-corrected chi connectivity index (χ4v) is 6.00. The van der Waals surface area contributed by atoms with Crippen molar-refractivity contribution in [3.63, 3.8) is 0 Å². The number of benzene rings is 2. The summed E-state index contributed by atoms with van der Waals surface area (Å²) < 4.78 is 0. The summed E-state index contributed by atoms with van der Waals surface area (Å²) >= 11 is 6.09. The van der Waals surface area contributed by atoms with Crippen molar-refractivity contribution in [2.75, 3.05) is 52.9 Å². The van der Waals surface area contributed by atoms with Crippen molar-refractivity contribution in [3.05, 3.63) is 64.7 Å². The summed E-state index contributed by atoms with van der Waals surface area (Å²) in [4.78, 5) is 31.3. The molecule has 2 aliphatic rings. The van der Waals surface area contributed by atoms with Crippen LogP contribution in [0.2, 0.25) is 5.02 Å². The number of nitrogens with two attached hydrogens (primary N) is 1. The van der Waals surface area contributed by atoms with Crippen LogP contribution in [0, 0.1) is 5.92 Å². The minimum absolute atomic E-state index is 0.0342. The molecule has 2 amide bonds. The summed E-state index contributed by atoms with van der Waals surface area (Å²) in [6.07, 6.45) is 2.21. The standard InChI is InChI=1S/C32H47ClN6O3/c1-23(2)22-39(38-18-16-36(3)17-19-38)27-12-14-37(15-13-27)32(42)30(20-24-4-8-26(33)9-5-24)35-31(41)21-29(34)25-6-10-28(40)11-7-25/h4-11,23,27,29-30,40H,12-22,34H2,1-3H3,(H,35,41). The lowest BCUT2D eigenvalue weighted by Gasteiger charge is -2.47. The summed E-state index contributed by atoms with van der Waals surface area (Å²) in [7, 11) is 2.18. The first-order chi connectivity index (χ1) is 20.1. The highest BCUT2D eigenvalue weighted by Gasteiger charge is 2.34. The molecule has 4 N–H and O–H groups in total. The van der Waals surface area contributed by atoms with Gasteiger partial charge in [-0.05, 0) is 61.2 Å². The van der Waals surface area contributed by atoms with Crippen LogP contribution in [0.1, 0.15) is 50.3 Å². The van der Waals surface area contributed by atoms with E-state index in [4.69, 9.17) is 17.3 Å². The molecule has 10 heteroatoms. The Morgan fingerprint density at radius 3 is 2.21 bits per heavy atom. The number of piperidine rings is 1. The zero-order valence-corrected chi connectivity index (χ0v) is 26.0. The number of phenolic OH excluding ortho intramolecular Hbond substituents is 1. The maximum absolute atomic E-state index is 13.9. The van der Waals surface area contributed by atoms with E-state index in [1.807, 2.05) is 17.0 Å². The molecule has 2 aromatic carbocycles. The molecule has 42 heavy (non-hydrogen) atoms. The Kier molecular flexibility index (Phi) is 11.6. The lowest BCUT2D eigenvalue weighted by atomic mass is 9.99. The van der Waals surface area contributed by atoms with Crippen LogP contribution in [0.15, 0.2) is 48.5 Å². The van der Waals surface area contributed by atoms with Gasteiger partial charge in [0.15, 0.2) is 0 Å². The van der Waals surface area contributed by atoms with E-state index in [-0.39, 0.29) is 24.0 Å². The van der Waals surface area contributed by atoms with Gasteiger partial charge in [-0.15, -0.1) is 0 Å². The molecular formula is C32H47ClN6O3. The van der Waals surface area contributed by atoms with E-state index in [9.17, 15) is 14.7 Å². The highest BCUT2D eigenvalue weighted by atomic mass is 35.5. The number of hydrazine groups is 1. The molecule has 0 radical (unpaired) electrons. The number of carbonyl (C=O) groups is 2. The van der Waals surface area contributed by atoms with Gasteiger partial charge in [0.2, 0.25) is 11.8 Å². The number of hydrogen-bond acceptors (Lipinski definition) is 7. The molecule has 4 rings (SSSR count). The van der Waals surface area contributed by atoms with E-state index < -0.39 is 12.1 Å². The number of carbonyl (C=O) groups excluding carboxylic acids is 2. The van der Waals surface area contributed by atoms with Crippen LogP contribution in [-0.2, 0) is 16.0 Å². The highest BCUT2D eigenvalue weighted by Crippen LogP contribution is 2.23. The third kappa shape index (κ3) is 9.15. The van der Waals surface area contributed by atoms with Gasteiger partial charge in [-0.1, -0.05) is 49.7 Å². The molecule has 9 nitrogen and oxygen atoms in total. The first kappa shape index (κ1) is 32.2.